The van der Waals surface area contributed by atoms with Crippen LogP contribution in [0.1, 0.15) is 33.1 Å². The second kappa shape index (κ2) is 3.58. The van der Waals surface area contributed by atoms with Gasteiger partial charge in [0.05, 0.1) is 0 Å². The van der Waals surface area contributed by atoms with E-state index in [-0.39, 0.29) is 0 Å². The molecule has 2 heterocycles. The van der Waals surface area contributed by atoms with Crippen LogP contribution < -0.4 is 5.32 Å². The third-order valence-electron chi connectivity index (χ3n) is 3.26. The maximum Gasteiger partial charge on any atom is 0.00797 e. The van der Waals surface area contributed by atoms with Crippen molar-refractivity contribution in [1.29, 1.82) is 0 Å². The van der Waals surface area contributed by atoms with Crippen LogP contribution in [-0.2, 0) is 0 Å². The Morgan fingerprint density at radius 2 is 2.15 bits per heavy atom. The highest BCUT2D eigenvalue weighted by Crippen LogP contribution is 2.28. The molecule has 0 saturated carbocycles. The van der Waals surface area contributed by atoms with Crippen LogP contribution in [0, 0.1) is 5.41 Å². The smallest absolute Gasteiger partial charge is 0.00797 e. The number of hydrogen-bond donors (Lipinski definition) is 1. The van der Waals surface area contributed by atoms with E-state index in [4.69, 9.17) is 0 Å². The molecular formula is C11H22N2. The van der Waals surface area contributed by atoms with Crippen molar-refractivity contribution in [3.05, 3.63) is 0 Å². The van der Waals surface area contributed by atoms with Gasteiger partial charge in [-0.15, -0.1) is 0 Å². The van der Waals surface area contributed by atoms with Gasteiger partial charge in [0.15, 0.2) is 0 Å². The molecule has 2 nitrogen and oxygen atoms in total. The van der Waals surface area contributed by atoms with Crippen LogP contribution in [0.4, 0.5) is 0 Å². The van der Waals surface area contributed by atoms with Gasteiger partial charge in [0, 0.05) is 19.1 Å². The first-order valence-electron chi connectivity index (χ1n) is 5.61. The normalized spacial score (nSPS) is 33.2. The van der Waals surface area contributed by atoms with E-state index >= 15 is 0 Å². The quantitative estimate of drug-likeness (QED) is 0.711. The van der Waals surface area contributed by atoms with Crippen LogP contribution in [0.15, 0.2) is 0 Å². The molecule has 0 aromatic carbocycles. The fourth-order valence-corrected chi connectivity index (χ4v) is 2.66. The van der Waals surface area contributed by atoms with Crippen molar-refractivity contribution in [2.45, 2.75) is 39.2 Å². The second-order valence-corrected chi connectivity index (χ2v) is 5.46. The van der Waals surface area contributed by atoms with Crippen LogP contribution in [0.3, 0.4) is 0 Å². The van der Waals surface area contributed by atoms with E-state index in [1.165, 1.54) is 45.4 Å². The zero-order chi connectivity index (χ0) is 9.31. The van der Waals surface area contributed by atoms with Crippen molar-refractivity contribution >= 4 is 0 Å². The van der Waals surface area contributed by atoms with Crippen molar-refractivity contribution in [3.8, 4) is 0 Å². The average Bonchev–Trinajstić information content (AvgIpc) is 2.48. The van der Waals surface area contributed by atoms with Crippen molar-refractivity contribution in [1.82, 2.24) is 10.2 Å². The first kappa shape index (κ1) is 9.47. The average molecular weight is 182 g/mol. The van der Waals surface area contributed by atoms with Crippen LogP contribution in [-0.4, -0.2) is 37.1 Å². The lowest BCUT2D eigenvalue weighted by Gasteiger charge is -2.46. The molecule has 2 aliphatic rings. The summed E-state index contributed by atoms with van der Waals surface area (Å²) in [5.74, 6) is 0. The van der Waals surface area contributed by atoms with Gasteiger partial charge in [-0.3, -0.25) is 0 Å². The van der Waals surface area contributed by atoms with E-state index in [1.807, 2.05) is 0 Å². The third kappa shape index (κ3) is 2.44. The standard InChI is InChI=1S/C11H22N2/c1-11(2)8-13(9-11)7-5-10-4-3-6-12-10/h10,12H,3-9H2,1-2H3. The Morgan fingerprint density at radius 3 is 2.69 bits per heavy atom. The summed E-state index contributed by atoms with van der Waals surface area (Å²) in [6.07, 6.45) is 4.14. The number of likely N-dealkylation sites (tertiary alicyclic amines) is 1. The Hall–Kier alpha value is -0.0800. The molecule has 1 atom stereocenters. The van der Waals surface area contributed by atoms with Crippen molar-refractivity contribution in [2.24, 2.45) is 5.41 Å². The maximum atomic E-state index is 3.55. The highest BCUT2D eigenvalue weighted by molar-refractivity contribution is 4.88. The van der Waals surface area contributed by atoms with E-state index in [2.05, 4.69) is 24.1 Å². The summed E-state index contributed by atoms with van der Waals surface area (Å²) in [4.78, 5) is 2.58. The minimum atomic E-state index is 0.600. The minimum absolute atomic E-state index is 0.600. The van der Waals surface area contributed by atoms with Gasteiger partial charge in [-0.2, -0.15) is 0 Å². The lowest BCUT2D eigenvalue weighted by molar-refractivity contribution is 0.0286. The molecule has 0 aromatic rings. The lowest BCUT2D eigenvalue weighted by Crippen LogP contribution is -2.53. The Morgan fingerprint density at radius 1 is 1.38 bits per heavy atom. The fourth-order valence-electron chi connectivity index (χ4n) is 2.66. The molecule has 0 amide bonds. The number of nitrogens with one attached hydrogen (secondary N) is 1. The lowest BCUT2D eigenvalue weighted by atomic mass is 9.84. The first-order chi connectivity index (χ1) is 6.16. The van der Waals surface area contributed by atoms with E-state index in [0.717, 1.165) is 6.04 Å². The largest absolute Gasteiger partial charge is 0.314 e. The fraction of sp³-hybridized carbons (Fsp3) is 1.00. The predicted octanol–water partition coefficient (Wildman–Crippen LogP) is 1.47. The third-order valence-corrected chi connectivity index (χ3v) is 3.26. The van der Waals surface area contributed by atoms with Gasteiger partial charge in [-0.1, -0.05) is 13.8 Å². The Bertz CT molecular complexity index is 163. The molecule has 1 unspecified atom stereocenters. The topological polar surface area (TPSA) is 15.3 Å². The minimum Gasteiger partial charge on any atom is -0.314 e. The summed E-state index contributed by atoms with van der Waals surface area (Å²) < 4.78 is 0. The van der Waals surface area contributed by atoms with Gasteiger partial charge < -0.3 is 10.2 Å². The van der Waals surface area contributed by atoms with Gasteiger partial charge in [0.25, 0.3) is 0 Å². The SMILES string of the molecule is CC1(C)CN(CCC2CCCN2)C1. The Kier molecular flexibility index (Phi) is 2.61. The molecule has 2 fully saturated rings. The molecule has 0 aliphatic carbocycles. The Labute approximate surface area is 81.7 Å². The second-order valence-electron chi connectivity index (χ2n) is 5.46. The van der Waals surface area contributed by atoms with Crippen molar-refractivity contribution in [3.63, 3.8) is 0 Å². The molecule has 0 aromatic heterocycles. The molecule has 13 heavy (non-hydrogen) atoms. The van der Waals surface area contributed by atoms with Crippen LogP contribution in [0.2, 0.25) is 0 Å². The molecule has 2 saturated heterocycles. The number of nitrogens with zero attached hydrogens (tertiary/aromatic N) is 1. The predicted molar refractivity (Wildman–Crippen MR) is 55.9 cm³/mol. The van der Waals surface area contributed by atoms with Crippen LogP contribution in [0.25, 0.3) is 0 Å². The maximum absolute atomic E-state index is 3.55. The van der Waals surface area contributed by atoms with E-state index in [1.54, 1.807) is 0 Å². The van der Waals surface area contributed by atoms with Gasteiger partial charge >= 0.3 is 0 Å². The number of hydrogen-bond acceptors (Lipinski definition) is 2. The summed E-state index contributed by atoms with van der Waals surface area (Å²) in [6.45, 7) is 9.88. The summed E-state index contributed by atoms with van der Waals surface area (Å²) in [6, 6.07) is 0.823. The van der Waals surface area contributed by atoms with Gasteiger partial charge in [0.2, 0.25) is 0 Å². The summed E-state index contributed by atoms with van der Waals surface area (Å²) in [5.41, 5.74) is 0.600. The van der Waals surface area contributed by atoms with Crippen LogP contribution >= 0.6 is 0 Å². The zero-order valence-corrected chi connectivity index (χ0v) is 8.97. The molecule has 0 bridgehead atoms. The molecule has 0 spiro atoms. The molecule has 2 rings (SSSR count). The first-order valence-corrected chi connectivity index (χ1v) is 5.61. The van der Waals surface area contributed by atoms with E-state index in [0.29, 0.717) is 5.41 Å². The highest BCUT2D eigenvalue weighted by atomic mass is 15.2. The zero-order valence-electron chi connectivity index (χ0n) is 8.97. The molecule has 2 heteroatoms. The van der Waals surface area contributed by atoms with Gasteiger partial charge in [-0.05, 0) is 37.8 Å². The van der Waals surface area contributed by atoms with Gasteiger partial charge in [-0.25, -0.2) is 0 Å². The van der Waals surface area contributed by atoms with Crippen LogP contribution in [0.5, 0.6) is 0 Å². The Balaban J connectivity index is 1.59. The van der Waals surface area contributed by atoms with E-state index in [9.17, 15) is 0 Å². The van der Waals surface area contributed by atoms with Crippen molar-refractivity contribution < 1.29 is 0 Å². The van der Waals surface area contributed by atoms with Crippen molar-refractivity contribution in [2.75, 3.05) is 26.2 Å². The van der Waals surface area contributed by atoms with E-state index < -0.39 is 0 Å². The highest BCUT2D eigenvalue weighted by Gasteiger charge is 2.33. The summed E-state index contributed by atoms with van der Waals surface area (Å²) >= 11 is 0. The molecule has 76 valence electrons. The molecule has 2 aliphatic heterocycles. The van der Waals surface area contributed by atoms with Gasteiger partial charge in [0.1, 0.15) is 0 Å². The summed E-state index contributed by atoms with van der Waals surface area (Å²) in [7, 11) is 0. The monoisotopic (exact) mass is 182 g/mol. The molecule has 1 N–H and O–H groups in total. The summed E-state index contributed by atoms with van der Waals surface area (Å²) in [5, 5.41) is 3.55. The molecular weight excluding hydrogens is 160 g/mol. The number of rotatable bonds is 3. The molecule has 0 radical (unpaired) electrons.